The van der Waals surface area contributed by atoms with E-state index in [0.29, 0.717) is 10.0 Å². The first kappa shape index (κ1) is 13.9. The Labute approximate surface area is 120 Å². The lowest BCUT2D eigenvalue weighted by molar-refractivity contribution is 0.0992. The van der Waals surface area contributed by atoms with E-state index in [-0.39, 0.29) is 18.0 Å². The van der Waals surface area contributed by atoms with Crippen LogP contribution in [0.1, 0.15) is 27.0 Å². The van der Waals surface area contributed by atoms with Gasteiger partial charge in [-0.05, 0) is 43.7 Å². The highest BCUT2D eigenvalue weighted by Gasteiger charge is 2.11. The minimum atomic E-state index is -0.311. The summed E-state index contributed by atoms with van der Waals surface area (Å²) < 4.78 is 13.6. The predicted molar refractivity (Wildman–Crippen MR) is 78.1 cm³/mol. The molecule has 0 saturated carbocycles. The summed E-state index contributed by atoms with van der Waals surface area (Å²) in [6.07, 6.45) is 0.268. The van der Waals surface area contributed by atoms with Gasteiger partial charge in [0.05, 0.1) is 0 Å². The molecule has 2 rings (SSSR count). The Morgan fingerprint density at radius 1 is 1.11 bits per heavy atom. The van der Waals surface area contributed by atoms with Crippen molar-refractivity contribution in [1.29, 1.82) is 0 Å². The third-order valence-electron chi connectivity index (χ3n) is 2.91. The van der Waals surface area contributed by atoms with Crippen LogP contribution in [0.15, 0.2) is 40.9 Å². The summed E-state index contributed by atoms with van der Waals surface area (Å²) >= 11 is 3.28. The van der Waals surface area contributed by atoms with Crippen LogP contribution >= 0.6 is 15.9 Å². The van der Waals surface area contributed by atoms with Crippen LogP contribution in [0.4, 0.5) is 4.39 Å². The van der Waals surface area contributed by atoms with E-state index in [9.17, 15) is 9.18 Å². The summed E-state index contributed by atoms with van der Waals surface area (Å²) in [5, 5.41) is 0. The largest absolute Gasteiger partial charge is 0.294 e. The Hall–Kier alpha value is -1.48. The standard InChI is InChI=1S/C16H14BrFO/c1-10-5-11(2)7-13(6-10)16(19)8-12-3-4-14(18)9-15(12)17/h3-7,9H,8H2,1-2H3. The molecule has 0 aliphatic heterocycles. The molecule has 2 aromatic carbocycles. The lowest BCUT2D eigenvalue weighted by Gasteiger charge is -2.06. The Morgan fingerprint density at radius 2 is 1.74 bits per heavy atom. The number of benzene rings is 2. The van der Waals surface area contributed by atoms with Gasteiger partial charge in [-0.3, -0.25) is 4.79 Å². The molecule has 2 aromatic rings. The van der Waals surface area contributed by atoms with Crippen LogP contribution in [0.5, 0.6) is 0 Å². The van der Waals surface area contributed by atoms with Crippen molar-refractivity contribution >= 4 is 21.7 Å². The van der Waals surface area contributed by atoms with Gasteiger partial charge in [0, 0.05) is 16.5 Å². The molecule has 0 aromatic heterocycles. The van der Waals surface area contributed by atoms with E-state index in [1.54, 1.807) is 6.07 Å². The second-order valence-corrected chi connectivity index (χ2v) is 5.57. The first-order chi connectivity index (χ1) is 8.95. The molecule has 98 valence electrons. The highest BCUT2D eigenvalue weighted by molar-refractivity contribution is 9.10. The molecule has 0 heterocycles. The zero-order chi connectivity index (χ0) is 14.0. The molecule has 0 fully saturated rings. The molecule has 0 aliphatic rings. The summed E-state index contributed by atoms with van der Waals surface area (Å²) in [6, 6.07) is 10.2. The number of aryl methyl sites for hydroxylation is 2. The molecule has 3 heteroatoms. The van der Waals surface area contributed by atoms with Crippen molar-refractivity contribution in [3.8, 4) is 0 Å². The molecule has 1 nitrogen and oxygen atoms in total. The van der Waals surface area contributed by atoms with Crippen LogP contribution in [0.25, 0.3) is 0 Å². The fraction of sp³-hybridized carbons (Fsp3) is 0.188. The SMILES string of the molecule is Cc1cc(C)cc(C(=O)Cc2ccc(F)cc2Br)c1. The molecule has 0 unspecified atom stereocenters. The molecule has 0 N–H and O–H groups in total. The zero-order valence-corrected chi connectivity index (χ0v) is 12.4. The van der Waals surface area contributed by atoms with Crippen molar-refractivity contribution in [2.24, 2.45) is 0 Å². The molecule has 0 atom stereocenters. The monoisotopic (exact) mass is 320 g/mol. The van der Waals surface area contributed by atoms with Gasteiger partial charge in [0.1, 0.15) is 5.82 Å². The van der Waals surface area contributed by atoms with E-state index in [2.05, 4.69) is 15.9 Å². The van der Waals surface area contributed by atoms with Crippen LogP contribution in [0.3, 0.4) is 0 Å². The van der Waals surface area contributed by atoms with Crippen molar-refractivity contribution in [3.63, 3.8) is 0 Å². The van der Waals surface area contributed by atoms with Crippen molar-refractivity contribution in [2.75, 3.05) is 0 Å². The number of hydrogen-bond donors (Lipinski definition) is 0. The second kappa shape index (κ2) is 5.66. The fourth-order valence-electron chi connectivity index (χ4n) is 2.08. The van der Waals surface area contributed by atoms with Gasteiger partial charge in [0.15, 0.2) is 5.78 Å². The lowest BCUT2D eigenvalue weighted by Crippen LogP contribution is -2.05. The van der Waals surface area contributed by atoms with E-state index in [1.165, 1.54) is 12.1 Å². The molecular formula is C16H14BrFO. The van der Waals surface area contributed by atoms with E-state index in [4.69, 9.17) is 0 Å². The van der Waals surface area contributed by atoms with Crippen LogP contribution < -0.4 is 0 Å². The number of ketones is 1. The van der Waals surface area contributed by atoms with Crippen molar-refractivity contribution in [3.05, 3.63) is 68.9 Å². The van der Waals surface area contributed by atoms with Gasteiger partial charge in [-0.15, -0.1) is 0 Å². The maximum Gasteiger partial charge on any atom is 0.167 e. The molecule has 0 aliphatic carbocycles. The maximum atomic E-state index is 13.0. The van der Waals surface area contributed by atoms with Crippen LogP contribution in [0.2, 0.25) is 0 Å². The van der Waals surface area contributed by atoms with E-state index < -0.39 is 0 Å². The second-order valence-electron chi connectivity index (χ2n) is 4.71. The Morgan fingerprint density at radius 3 is 2.32 bits per heavy atom. The highest BCUT2D eigenvalue weighted by Crippen LogP contribution is 2.20. The van der Waals surface area contributed by atoms with Crippen LogP contribution in [0, 0.1) is 19.7 Å². The number of carbonyl (C=O) groups is 1. The Balaban J connectivity index is 2.25. The molecule has 0 spiro atoms. The number of hydrogen-bond acceptors (Lipinski definition) is 1. The van der Waals surface area contributed by atoms with E-state index >= 15 is 0 Å². The Kier molecular flexibility index (Phi) is 4.15. The minimum absolute atomic E-state index is 0.0408. The first-order valence-electron chi connectivity index (χ1n) is 6.01. The van der Waals surface area contributed by atoms with Gasteiger partial charge >= 0.3 is 0 Å². The lowest BCUT2D eigenvalue weighted by atomic mass is 9.99. The highest BCUT2D eigenvalue weighted by atomic mass is 79.9. The first-order valence-corrected chi connectivity index (χ1v) is 6.80. The third-order valence-corrected chi connectivity index (χ3v) is 3.65. The molecule has 0 amide bonds. The van der Waals surface area contributed by atoms with Crippen LogP contribution in [-0.4, -0.2) is 5.78 Å². The van der Waals surface area contributed by atoms with Gasteiger partial charge in [0.2, 0.25) is 0 Å². The predicted octanol–water partition coefficient (Wildman–Crippen LogP) is 4.63. The average molecular weight is 321 g/mol. The zero-order valence-electron chi connectivity index (χ0n) is 10.8. The van der Waals surface area contributed by atoms with Gasteiger partial charge in [-0.1, -0.05) is 39.2 Å². The fourth-order valence-corrected chi connectivity index (χ4v) is 2.57. The van der Waals surface area contributed by atoms with Crippen LogP contribution in [-0.2, 0) is 6.42 Å². The number of carbonyl (C=O) groups excluding carboxylic acids is 1. The topological polar surface area (TPSA) is 17.1 Å². The minimum Gasteiger partial charge on any atom is -0.294 e. The quantitative estimate of drug-likeness (QED) is 0.753. The summed E-state index contributed by atoms with van der Waals surface area (Å²) in [5.41, 5.74) is 3.64. The van der Waals surface area contributed by atoms with Gasteiger partial charge in [-0.25, -0.2) is 4.39 Å². The number of Topliss-reactive ketones (excluding diaryl/α,β-unsaturated/α-hetero) is 1. The van der Waals surface area contributed by atoms with E-state index in [1.807, 2.05) is 32.0 Å². The van der Waals surface area contributed by atoms with Crippen molar-refractivity contribution < 1.29 is 9.18 Å². The summed E-state index contributed by atoms with van der Waals surface area (Å²) in [7, 11) is 0. The van der Waals surface area contributed by atoms with Gasteiger partial charge in [-0.2, -0.15) is 0 Å². The van der Waals surface area contributed by atoms with Crippen molar-refractivity contribution in [1.82, 2.24) is 0 Å². The third kappa shape index (κ3) is 3.51. The van der Waals surface area contributed by atoms with Crippen molar-refractivity contribution in [2.45, 2.75) is 20.3 Å². The summed E-state index contributed by atoms with van der Waals surface area (Å²) in [4.78, 5) is 12.2. The number of halogens is 2. The smallest absolute Gasteiger partial charge is 0.167 e. The number of rotatable bonds is 3. The molecule has 19 heavy (non-hydrogen) atoms. The summed E-state index contributed by atoms with van der Waals surface area (Å²) in [6.45, 7) is 3.94. The molecule has 0 radical (unpaired) electrons. The summed E-state index contributed by atoms with van der Waals surface area (Å²) in [5.74, 6) is -0.270. The van der Waals surface area contributed by atoms with Gasteiger partial charge < -0.3 is 0 Å². The normalized spacial score (nSPS) is 10.5. The Bertz CT molecular complexity index is 614. The maximum absolute atomic E-state index is 13.0. The molecule has 0 saturated heterocycles. The van der Waals surface area contributed by atoms with E-state index in [0.717, 1.165) is 16.7 Å². The molecular weight excluding hydrogens is 307 g/mol. The molecule has 0 bridgehead atoms. The average Bonchev–Trinajstić information content (AvgIpc) is 2.31. The van der Waals surface area contributed by atoms with Gasteiger partial charge in [0.25, 0.3) is 0 Å².